The Labute approximate surface area is 207 Å². The largest absolute Gasteiger partial charge is 0.494 e. The molecule has 5 nitrogen and oxygen atoms in total. The van der Waals surface area contributed by atoms with E-state index < -0.39 is 6.04 Å². The minimum atomic E-state index is -0.421. The molecule has 0 N–H and O–H groups in total. The van der Waals surface area contributed by atoms with Gasteiger partial charge in [-0.2, -0.15) is 5.10 Å². The molecule has 0 bridgehead atoms. The Morgan fingerprint density at radius 3 is 2.56 bits per heavy atom. The molecule has 0 radical (unpaired) electrons. The van der Waals surface area contributed by atoms with Crippen LogP contribution < -0.4 is 4.74 Å². The van der Waals surface area contributed by atoms with Crippen LogP contribution in [0.3, 0.4) is 0 Å². The Morgan fingerprint density at radius 1 is 1.03 bits per heavy atom. The second-order valence-electron chi connectivity index (χ2n) is 7.92. The van der Waals surface area contributed by atoms with Crippen LogP contribution in [0.1, 0.15) is 40.9 Å². The van der Waals surface area contributed by atoms with Gasteiger partial charge in [-0.15, -0.1) is 0 Å². The Bertz CT molecular complexity index is 1410. The van der Waals surface area contributed by atoms with Gasteiger partial charge in [-0.3, -0.25) is 4.79 Å². The number of fused-ring (bicyclic) bond motifs is 1. The van der Waals surface area contributed by atoms with Crippen LogP contribution in [0.15, 0.2) is 84.0 Å². The first-order chi connectivity index (χ1) is 16.5. The number of halogens is 2. The average molecular weight is 490 g/mol. The lowest BCUT2D eigenvalue weighted by molar-refractivity contribution is 0.0711. The summed E-state index contributed by atoms with van der Waals surface area (Å²) in [5, 5.41) is 7.81. The predicted octanol–water partition coefficient (Wildman–Crippen LogP) is 6.93. The van der Waals surface area contributed by atoms with E-state index in [1.165, 1.54) is 5.01 Å². The van der Waals surface area contributed by atoms with Crippen molar-refractivity contribution in [1.82, 2.24) is 9.99 Å². The van der Waals surface area contributed by atoms with Crippen LogP contribution in [0.4, 0.5) is 0 Å². The average Bonchev–Trinajstić information content (AvgIpc) is 3.29. The van der Waals surface area contributed by atoms with Gasteiger partial charge in [-0.25, -0.2) is 9.99 Å². The molecule has 0 fully saturated rings. The number of aromatic nitrogens is 1. The van der Waals surface area contributed by atoms with Crippen molar-refractivity contribution in [3.05, 3.63) is 106 Å². The van der Waals surface area contributed by atoms with Crippen LogP contribution >= 0.6 is 23.2 Å². The SMILES string of the molecule is CCOc1ccc2cc(C3CC(c4ccccc4)=NN3C(=O)c3ccccc3Cl)c(Cl)nc2c1. The zero-order valence-electron chi connectivity index (χ0n) is 18.4. The van der Waals surface area contributed by atoms with Gasteiger partial charge in [0.15, 0.2) is 0 Å². The number of carbonyl (C=O) groups is 1. The second-order valence-corrected chi connectivity index (χ2v) is 8.68. The number of benzene rings is 3. The lowest BCUT2D eigenvalue weighted by atomic mass is 9.98. The second kappa shape index (κ2) is 9.45. The van der Waals surface area contributed by atoms with Gasteiger partial charge in [0.1, 0.15) is 10.9 Å². The first-order valence-corrected chi connectivity index (χ1v) is 11.7. The molecule has 1 aliphatic heterocycles. The third-order valence-corrected chi connectivity index (χ3v) is 6.40. The van der Waals surface area contributed by atoms with E-state index in [-0.39, 0.29) is 5.91 Å². The van der Waals surface area contributed by atoms with Crippen molar-refractivity contribution in [2.45, 2.75) is 19.4 Å². The summed E-state index contributed by atoms with van der Waals surface area (Å²) in [6.07, 6.45) is 0.504. The first kappa shape index (κ1) is 22.4. The molecule has 2 heterocycles. The number of rotatable bonds is 5. The Morgan fingerprint density at radius 2 is 1.79 bits per heavy atom. The summed E-state index contributed by atoms with van der Waals surface area (Å²) < 4.78 is 5.59. The number of hydrogen-bond acceptors (Lipinski definition) is 4. The molecule has 5 rings (SSSR count). The molecule has 1 aliphatic rings. The normalized spacial score (nSPS) is 15.4. The molecular weight excluding hydrogens is 469 g/mol. The van der Waals surface area contributed by atoms with Crippen LogP contribution in [0, 0.1) is 0 Å². The lowest BCUT2D eigenvalue weighted by Crippen LogP contribution is -2.27. The highest BCUT2D eigenvalue weighted by molar-refractivity contribution is 6.34. The summed E-state index contributed by atoms with van der Waals surface area (Å²) in [7, 11) is 0. The molecule has 1 amide bonds. The summed E-state index contributed by atoms with van der Waals surface area (Å²) in [5.41, 5.74) is 3.60. The maximum absolute atomic E-state index is 13.6. The molecule has 1 atom stereocenters. The van der Waals surface area contributed by atoms with E-state index in [2.05, 4.69) is 4.98 Å². The van der Waals surface area contributed by atoms with Gasteiger partial charge >= 0.3 is 0 Å². The van der Waals surface area contributed by atoms with Crippen molar-refractivity contribution in [3.8, 4) is 5.75 Å². The van der Waals surface area contributed by atoms with Crippen molar-refractivity contribution in [2.24, 2.45) is 5.10 Å². The lowest BCUT2D eigenvalue weighted by Gasteiger charge is -2.23. The fourth-order valence-electron chi connectivity index (χ4n) is 4.13. The zero-order valence-corrected chi connectivity index (χ0v) is 19.9. The van der Waals surface area contributed by atoms with Crippen LogP contribution in [0.25, 0.3) is 10.9 Å². The van der Waals surface area contributed by atoms with Gasteiger partial charge in [-0.05, 0) is 42.8 Å². The number of hydrogen-bond donors (Lipinski definition) is 0. The molecule has 0 saturated heterocycles. The zero-order chi connectivity index (χ0) is 23.7. The Balaban J connectivity index is 1.59. The minimum Gasteiger partial charge on any atom is -0.494 e. The molecule has 7 heteroatoms. The number of ether oxygens (including phenoxy) is 1. The molecular formula is C27H21Cl2N3O2. The van der Waals surface area contributed by atoms with E-state index in [4.69, 9.17) is 33.0 Å². The van der Waals surface area contributed by atoms with E-state index in [1.807, 2.05) is 61.5 Å². The molecule has 1 unspecified atom stereocenters. The van der Waals surface area contributed by atoms with Gasteiger partial charge in [0.25, 0.3) is 5.91 Å². The molecule has 170 valence electrons. The Hall–Kier alpha value is -3.41. The van der Waals surface area contributed by atoms with Crippen molar-refractivity contribution in [3.63, 3.8) is 0 Å². The van der Waals surface area contributed by atoms with Crippen molar-refractivity contribution in [2.75, 3.05) is 6.61 Å². The highest BCUT2D eigenvalue weighted by atomic mass is 35.5. The highest BCUT2D eigenvalue weighted by Crippen LogP contribution is 2.39. The van der Waals surface area contributed by atoms with Crippen LogP contribution in [-0.2, 0) is 0 Å². The van der Waals surface area contributed by atoms with E-state index in [1.54, 1.807) is 24.3 Å². The van der Waals surface area contributed by atoms with E-state index >= 15 is 0 Å². The topological polar surface area (TPSA) is 54.8 Å². The molecule has 4 aromatic rings. The number of amides is 1. The summed E-state index contributed by atoms with van der Waals surface area (Å²) in [4.78, 5) is 18.2. The van der Waals surface area contributed by atoms with Gasteiger partial charge in [0, 0.05) is 23.4 Å². The molecule has 34 heavy (non-hydrogen) atoms. The number of pyridine rings is 1. The number of carbonyl (C=O) groups excluding carboxylic acids is 1. The van der Waals surface area contributed by atoms with Crippen molar-refractivity contribution < 1.29 is 9.53 Å². The standard InChI is InChI=1S/C27H21Cl2N3O2/c1-2-34-19-13-12-18-14-21(26(29)30-23(18)15-19)25-16-24(17-8-4-3-5-9-17)31-32(25)27(33)20-10-6-7-11-22(20)28/h3-15,25H,2,16H2,1H3. The third-order valence-electron chi connectivity index (χ3n) is 5.77. The first-order valence-electron chi connectivity index (χ1n) is 11.0. The predicted molar refractivity (Wildman–Crippen MR) is 136 cm³/mol. The fraction of sp³-hybridized carbons (Fsp3) is 0.148. The smallest absolute Gasteiger partial charge is 0.276 e. The summed E-state index contributed by atoms with van der Waals surface area (Å²) in [5.74, 6) is 0.446. The van der Waals surface area contributed by atoms with E-state index in [0.717, 1.165) is 33.5 Å². The monoisotopic (exact) mass is 489 g/mol. The van der Waals surface area contributed by atoms with E-state index in [0.29, 0.717) is 28.8 Å². The number of nitrogens with zero attached hydrogens (tertiary/aromatic N) is 3. The minimum absolute atomic E-state index is 0.288. The maximum Gasteiger partial charge on any atom is 0.276 e. The summed E-state index contributed by atoms with van der Waals surface area (Å²) in [6.45, 7) is 2.50. The van der Waals surface area contributed by atoms with Gasteiger partial charge < -0.3 is 4.74 Å². The number of hydrazone groups is 1. The highest BCUT2D eigenvalue weighted by Gasteiger charge is 2.36. The maximum atomic E-state index is 13.6. The van der Waals surface area contributed by atoms with E-state index in [9.17, 15) is 4.79 Å². The van der Waals surface area contributed by atoms with Crippen LogP contribution in [-0.4, -0.2) is 28.2 Å². The summed E-state index contributed by atoms with van der Waals surface area (Å²) in [6, 6.07) is 24.0. The quantitative estimate of drug-likeness (QED) is 0.285. The third kappa shape index (κ3) is 4.25. The molecule has 0 saturated carbocycles. The van der Waals surface area contributed by atoms with Gasteiger partial charge in [0.05, 0.1) is 34.5 Å². The molecule has 3 aromatic carbocycles. The van der Waals surface area contributed by atoms with Gasteiger partial charge in [-0.1, -0.05) is 65.7 Å². The Kier molecular flexibility index (Phi) is 6.22. The van der Waals surface area contributed by atoms with Crippen molar-refractivity contribution >= 4 is 45.7 Å². The van der Waals surface area contributed by atoms with Crippen molar-refractivity contribution in [1.29, 1.82) is 0 Å². The fourth-order valence-corrected chi connectivity index (χ4v) is 4.62. The molecule has 0 aliphatic carbocycles. The molecule has 1 aromatic heterocycles. The van der Waals surface area contributed by atoms with Crippen LogP contribution in [0.5, 0.6) is 5.75 Å². The van der Waals surface area contributed by atoms with Crippen LogP contribution in [0.2, 0.25) is 10.2 Å². The summed E-state index contributed by atoms with van der Waals surface area (Å²) >= 11 is 13.0. The van der Waals surface area contributed by atoms with Gasteiger partial charge in [0.2, 0.25) is 0 Å². The molecule has 0 spiro atoms.